The minimum atomic E-state index is -4.36. The van der Waals surface area contributed by atoms with Crippen molar-refractivity contribution in [2.75, 3.05) is 0 Å². The summed E-state index contributed by atoms with van der Waals surface area (Å²) in [5, 5.41) is 9.76. The first kappa shape index (κ1) is 26.1. The van der Waals surface area contributed by atoms with Gasteiger partial charge in [-0.1, -0.05) is 35.6 Å². The highest BCUT2D eigenvalue weighted by Crippen LogP contribution is 2.48. The van der Waals surface area contributed by atoms with E-state index in [2.05, 4.69) is 27.4 Å². The number of aromatic nitrogens is 4. The number of oxazole rings is 1. The molecule has 198 valence electrons. The molecule has 5 rings (SSSR count). The number of alkyl halides is 3. The highest BCUT2D eigenvalue weighted by molar-refractivity contribution is 8.03. The van der Waals surface area contributed by atoms with Crippen LogP contribution < -0.4 is 4.74 Å². The number of hydrogen-bond acceptors (Lipinski definition) is 6. The van der Waals surface area contributed by atoms with Crippen LogP contribution in [0.25, 0.3) is 0 Å². The minimum Gasteiger partial charge on any atom is -0.487 e. The van der Waals surface area contributed by atoms with Crippen molar-refractivity contribution in [2.24, 2.45) is 0 Å². The molecule has 4 aromatic rings. The average Bonchev–Trinajstić information content (AvgIpc) is 3.69. The number of ether oxygens (including phenoxy) is 1. The van der Waals surface area contributed by atoms with Gasteiger partial charge < -0.3 is 9.15 Å². The molecule has 2 aromatic heterocycles. The van der Waals surface area contributed by atoms with E-state index in [9.17, 15) is 13.2 Å². The molecule has 1 atom stereocenters. The van der Waals surface area contributed by atoms with Crippen LogP contribution in [0.5, 0.6) is 5.75 Å². The van der Waals surface area contributed by atoms with Crippen molar-refractivity contribution in [3.63, 3.8) is 0 Å². The summed E-state index contributed by atoms with van der Waals surface area (Å²) in [4.78, 5) is 4.58. The van der Waals surface area contributed by atoms with E-state index in [1.54, 1.807) is 36.4 Å². The molecular formula is C28H27F3N4O2S. The van der Waals surface area contributed by atoms with Gasteiger partial charge in [0.05, 0.1) is 16.5 Å². The summed E-state index contributed by atoms with van der Waals surface area (Å²) in [6, 6.07) is 13.4. The van der Waals surface area contributed by atoms with Crippen molar-refractivity contribution in [3.8, 4) is 5.75 Å². The third-order valence-electron chi connectivity index (χ3n) is 6.50. The number of hydrogen-bond donors (Lipinski definition) is 0. The van der Waals surface area contributed by atoms with Crippen LogP contribution in [0.3, 0.4) is 0 Å². The first-order chi connectivity index (χ1) is 18.4. The zero-order chi connectivity index (χ0) is 26.4. The van der Waals surface area contributed by atoms with Gasteiger partial charge >= 0.3 is 6.18 Å². The van der Waals surface area contributed by atoms with Gasteiger partial charge in [0.15, 0.2) is 5.89 Å². The Morgan fingerprint density at radius 3 is 2.55 bits per heavy atom. The molecule has 0 spiro atoms. The number of allylic oxidation sites excluding steroid dienone is 1. The molecule has 0 fully saturated rings. The summed E-state index contributed by atoms with van der Waals surface area (Å²) >= 11 is 1.58. The summed E-state index contributed by atoms with van der Waals surface area (Å²) in [6.45, 7) is 1.13. The molecule has 6 nitrogen and oxygen atoms in total. The molecule has 0 radical (unpaired) electrons. The monoisotopic (exact) mass is 540 g/mol. The highest BCUT2D eigenvalue weighted by Gasteiger charge is 2.37. The molecule has 1 aliphatic heterocycles. The number of rotatable bonds is 11. The zero-order valence-electron chi connectivity index (χ0n) is 20.6. The predicted molar refractivity (Wildman–Crippen MR) is 138 cm³/mol. The standard InChI is InChI=1S/C28H27F3N4O2S/c29-28(30,31)23-9-7-22(8-10-23)27(13-3-17-38-27)18-26-33-24(20-37-26)19-36-25-11-5-21(6-12-25)4-1-2-15-35-16-14-32-34-35/h3,5-12,14,16-17,20H,1-2,4,13,15,18-19H2. The molecule has 10 heteroatoms. The van der Waals surface area contributed by atoms with Gasteiger partial charge in [0, 0.05) is 19.2 Å². The maximum absolute atomic E-state index is 13.0. The number of halogens is 3. The normalized spacial score (nSPS) is 17.2. The zero-order valence-corrected chi connectivity index (χ0v) is 21.4. The Bertz CT molecular complexity index is 1330. The molecular weight excluding hydrogens is 513 g/mol. The maximum atomic E-state index is 13.0. The lowest BCUT2D eigenvalue weighted by Crippen LogP contribution is -2.22. The Hall–Kier alpha value is -3.53. The third-order valence-corrected chi connectivity index (χ3v) is 7.82. The Morgan fingerprint density at radius 2 is 1.87 bits per heavy atom. The number of unbranched alkanes of at least 4 members (excludes halogenated alkanes) is 1. The van der Waals surface area contributed by atoms with Gasteiger partial charge in [-0.3, -0.25) is 4.68 Å². The minimum absolute atomic E-state index is 0.263. The summed E-state index contributed by atoms with van der Waals surface area (Å²) in [5.74, 6) is 1.28. The largest absolute Gasteiger partial charge is 0.487 e. The van der Waals surface area contributed by atoms with Gasteiger partial charge in [0.2, 0.25) is 0 Å². The van der Waals surface area contributed by atoms with Crippen LogP contribution in [0, 0.1) is 0 Å². The second-order valence-electron chi connectivity index (χ2n) is 9.23. The van der Waals surface area contributed by atoms with Crippen molar-refractivity contribution in [2.45, 2.75) is 56.2 Å². The molecule has 3 heterocycles. The van der Waals surface area contributed by atoms with Gasteiger partial charge in [-0.15, -0.1) is 16.9 Å². The molecule has 0 aliphatic carbocycles. The van der Waals surface area contributed by atoms with Crippen LogP contribution in [0.2, 0.25) is 0 Å². The van der Waals surface area contributed by atoms with Gasteiger partial charge in [0.25, 0.3) is 0 Å². The Balaban J connectivity index is 1.13. The van der Waals surface area contributed by atoms with Crippen molar-refractivity contribution in [3.05, 3.63) is 107 Å². The van der Waals surface area contributed by atoms with E-state index in [0.29, 0.717) is 24.4 Å². The molecule has 0 saturated heterocycles. The quantitative estimate of drug-likeness (QED) is 0.191. The first-order valence-corrected chi connectivity index (χ1v) is 13.3. The average molecular weight is 541 g/mol. The van der Waals surface area contributed by atoms with Gasteiger partial charge in [0.1, 0.15) is 24.3 Å². The van der Waals surface area contributed by atoms with Crippen LogP contribution >= 0.6 is 11.8 Å². The second kappa shape index (κ2) is 11.5. The van der Waals surface area contributed by atoms with Gasteiger partial charge in [-0.05, 0) is 66.5 Å². The van der Waals surface area contributed by atoms with E-state index in [4.69, 9.17) is 9.15 Å². The topological polar surface area (TPSA) is 66.0 Å². The van der Waals surface area contributed by atoms with E-state index < -0.39 is 16.5 Å². The Kier molecular flexibility index (Phi) is 7.87. The maximum Gasteiger partial charge on any atom is 0.416 e. The molecule has 0 N–H and O–H groups in total. The van der Waals surface area contributed by atoms with Crippen LogP contribution in [-0.2, 0) is 36.9 Å². The third kappa shape index (κ3) is 6.48. The van der Waals surface area contributed by atoms with E-state index in [-0.39, 0.29) is 6.61 Å². The lowest BCUT2D eigenvalue weighted by atomic mass is 9.90. The molecule has 0 amide bonds. The molecule has 0 saturated carbocycles. The second-order valence-corrected chi connectivity index (χ2v) is 10.5. The first-order valence-electron chi connectivity index (χ1n) is 12.4. The summed E-state index contributed by atoms with van der Waals surface area (Å²) in [5.41, 5.74) is 2.07. The lowest BCUT2D eigenvalue weighted by molar-refractivity contribution is -0.137. The van der Waals surface area contributed by atoms with Crippen molar-refractivity contribution in [1.82, 2.24) is 20.0 Å². The molecule has 1 aliphatic rings. The summed E-state index contributed by atoms with van der Waals surface area (Å²) < 4.78 is 52.0. The number of nitrogens with zero attached hydrogens (tertiary/aromatic N) is 4. The van der Waals surface area contributed by atoms with Crippen LogP contribution in [0.1, 0.15) is 47.5 Å². The van der Waals surface area contributed by atoms with Crippen molar-refractivity contribution >= 4 is 11.8 Å². The number of thioether (sulfide) groups is 1. The fraction of sp³-hybridized carbons (Fsp3) is 0.321. The van der Waals surface area contributed by atoms with Gasteiger partial charge in [-0.2, -0.15) is 13.2 Å². The fourth-order valence-corrected chi connectivity index (χ4v) is 5.56. The predicted octanol–water partition coefficient (Wildman–Crippen LogP) is 6.98. The molecule has 38 heavy (non-hydrogen) atoms. The van der Waals surface area contributed by atoms with Gasteiger partial charge in [-0.25, -0.2) is 4.98 Å². The molecule has 0 bridgehead atoms. The lowest BCUT2D eigenvalue weighted by Gasteiger charge is -2.27. The Labute approximate surface area is 222 Å². The smallest absolute Gasteiger partial charge is 0.416 e. The molecule has 2 aromatic carbocycles. The highest BCUT2D eigenvalue weighted by atomic mass is 32.2. The van der Waals surface area contributed by atoms with E-state index in [1.165, 1.54) is 5.56 Å². The van der Waals surface area contributed by atoms with Crippen molar-refractivity contribution < 1.29 is 22.3 Å². The Morgan fingerprint density at radius 1 is 1.05 bits per heavy atom. The fourth-order valence-electron chi connectivity index (χ4n) is 4.43. The van der Waals surface area contributed by atoms with Crippen LogP contribution in [0.4, 0.5) is 13.2 Å². The summed E-state index contributed by atoms with van der Waals surface area (Å²) in [7, 11) is 0. The number of benzene rings is 2. The van der Waals surface area contributed by atoms with Crippen LogP contribution in [0.15, 0.2) is 83.1 Å². The van der Waals surface area contributed by atoms with Crippen LogP contribution in [-0.4, -0.2) is 20.0 Å². The summed E-state index contributed by atoms with van der Waals surface area (Å²) in [6.07, 6.45) is 7.01. The number of aryl methyl sites for hydroxylation is 2. The van der Waals surface area contributed by atoms with E-state index >= 15 is 0 Å². The van der Waals surface area contributed by atoms with E-state index in [1.807, 2.05) is 34.5 Å². The SMILES string of the molecule is FC(F)(F)c1ccc(C2(Cc3nc(COc4ccc(CCCCn5ccnn5)cc4)co3)CC=CS2)cc1. The van der Waals surface area contributed by atoms with Crippen molar-refractivity contribution in [1.29, 1.82) is 0 Å². The van der Waals surface area contributed by atoms with E-state index in [0.717, 1.165) is 49.3 Å². The molecule has 1 unspecified atom stereocenters.